The van der Waals surface area contributed by atoms with Crippen molar-refractivity contribution < 1.29 is 4.79 Å². The van der Waals surface area contributed by atoms with E-state index in [4.69, 9.17) is 5.73 Å². The van der Waals surface area contributed by atoms with Crippen molar-refractivity contribution in [3.05, 3.63) is 36.0 Å². The molecule has 0 aliphatic heterocycles. The number of amides is 1. The number of hydrogen-bond acceptors (Lipinski definition) is 2. The Bertz CT molecular complexity index is 595. The molecule has 1 amide bonds. The minimum atomic E-state index is -0.481. The van der Waals surface area contributed by atoms with Gasteiger partial charge >= 0.3 is 0 Å². The molecule has 2 rings (SSSR count). The maximum atomic E-state index is 11.9. The molecule has 0 spiro atoms. The summed E-state index contributed by atoms with van der Waals surface area (Å²) in [6, 6.07) is 7.68. The first-order valence-electron chi connectivity index (χ1n) is 6.98. The van der Waals surface area contributed by atoms with Crippen LogP contribution in [-0.2, 0) is 11.2 Å². The van der Waals surface area contributed by atoms with Gasteiger partial charge in [-0.1, -0.05) is 39.0 Å². The molecular formula is C16H23N3O. The molecule has 0 radical (unpaired) electrons. The van der Waals surface area contributed by atoms with Crippen LogP contribution in [0.5, 0.6) is 0 Å². The van der Waals surface area contributed by atoms with Crippen LogP contribution >= 0.6 is 0 Å². The first kappa shape index (κ1) is 14.6. The Labute approximate surface area is 119 Å². The Morgan fingerprint density at radius 3 is 2.75 bits per heavy atom. The molecule has 0 aliphatic rings. The molecule has 0 saturated carbocycles. The van der Waals surface area contributed by atoms with Crippen LogP contribution in [0.2, 0.25) is 0 Å². The molecule has 20 heavy (non-hydrogen) atoms. The lowest BCUT2D eigenvalue weighted by atomic mass is 9.87. The van der Waals surface area contributed by atoms with E-state index in [1.165, 1.54) is 10.9 Å². The lowest BCUT2D eigenvalue weighted by molar-refractivity contribution is -0.124. The maximum Gasteiger partial charge on any atom is 0.237 e. The molecule has 4 N–H and O–H groups in total. The van der Waals surface area contributed by atoms with Crippen molar-refractivity contribution in [2.24, 2.45) is 11.1 Å². The molecule has 108 valence electrons. The van der Waals surface area contributed by atoms with E-state index in [1.54, 1.807) is 0 Å². The van der Waals surface area contributed by atoms with Gasteiger partial charge in [-0.2, -0.15) is 0 Å². The molecule has 0 unspecified atom stereocenters. The molecule has 1 aromatic heterocycles. The number of benzene rings is 1. The highest BCUT2D eigenvalue weighted by Gasteiger charge is 2.26. The zero-order valence-electron chi connectivity index (χ0n) is 12.4. The van der Waals surface area contributed by atoms with Crippen molar-refractivity contribution in [2.45, 2.75) is 33.2 Å². The van der Waals surface area contributed by atoms with Gasteiger partial charge in [0, 0.05) is 23.6 Å². The van der Waals surface area contributed by atoms with Crippen LogP contribution in [0.25, 0.3) is 10.9 Å². The highest BCUT2D eigenvalue weighted by Crippen LogP contribution is 2.18. The van der Waals surface area contributed by atoms with Gasteiger partial charge in [0.2, 0.25) is 5.91 Å². The minimum absolute atomic E-state index is 0.0858. The summed E-state index contributed by atoms with van der Waals surface area (Å²) in [5.74, 6) is -0.0858. The van der Waals surface area contributed by atoms with Crippen LogP contribution in [-0.4, -0.2) is 23.5 Å². The first-order chi connectivity index (χ1) is 9.39. The predicted octanol–water partition coefficient (Wildman–Crippen LogP) is 2.20. The number of aromatic amines is 1. The normalized spacial score (nSPS) is 13.4. The van der Waals surface area contributed by atoms with E-state index in [9.17, 15) is 4.79 Å². The summed E-state index contributed by atoms with van der Waals surface area (Å²) in [6.07, 6.45) is 2.80. The second-order valence-corrected chi connectivity index (χ2v) is 6.24. The van der Waals surface area contributed by atoms with Crippen LogP contribution in [0.4, 0.5) is 0 Å². The van der Waals surface area contributed by atoms with Gasteiger partial charge in [0.05, 0.1) is 6.04 Å². The molecule has 0 aliphatic carbocycles. The molecule has 4 nitrogen and oxygen atoms in total. The van der Waals surface area contributed by atoms with Crippen molar-refractivity contribution in [3.8, 4) is 0 Å². The van der Waals surface area contributed by atoms with E-state index in [1.807, 2.05) is 45.2 Å². The SMILES string of the molecule is CC(C)(C)[C@H](N)C(=O)NCCc1c[nH]c2ccccc12. The van der Waals surface area contributed by atoms with Gasteiger partial charge in [-0.05, 0) is 23.5 Å². The quantitative estimate of drug-likeness (QED) is 0.799. The molecule has 1 aromatic carbocycles. The molecule has 4 heteroatoms. The van der Waals surface area contributed by atoms with E-state index >= 15 is 0 Å². The monoisotopic (exact) mass is 273 g/mol. The maximum absolute atomic E-state index is 11.9. The average molecular weight is 273 g/mol. The van der Waals surface area contributed by atoms with E-state index in [2.05, 4.69) is 16.4 Å². The van der Waals surface area contributed by atoms with E-state index in [-0.39, 0.29) is 11.3 Å². The predicted molar refractivity (Wildman–Crippen MR) is 82.4 cm³/mol. The summed E-state index contributed by atoms with van der Waals surface area (Å²) in [7, 11) is 0. The highest BCUT2D eigenvalue weighted by molar-refractivity contribution is 5.84. The van der Waals surface area contributed by atoms with Crippen LogP contribution < -0.4 is 11.1 Å². The zero-order chi connectivity index (χ0) is 14.8. The fraction of sp³-hybridized carbons (Fsp3) is 0.438. The lowest BCUT2D eigenvalue weighted by Gasteiger charge is -2.25. The Morgan fingerprint density at radius 2 is 2.05 bits per heavy atom. The Morgan fingerprint density at radius 1 is 1.35 bits per heavy atom. The largest absolute Gasteiger partial charge is 0.361 e. The van der Waals surface area contributed by atoms with Gasteiger partial charge in [-0.15, -0.1) is 0 Å². The van der Waals surface area contributed by atoms with Crippen molar-refractivity contribution >= 4 is 16.8 Å². The third kappa shape index (κ3) is 3.20. The van der Waals surface area contributed by atoms with Crippen molar-refractivity contribution in [3.63, 3.8) is 0 Å². The first-order valence-corrected chi connectivity index (χ1v) is 6.98. The summed E-state index contributed by atoms with van der Waals surface area (Å²) < 4.78 is 0. The summed E-state index contributed by atoms with van der Waals surface area (Å²) in [6.45, 7) is 6.51. The van der Waals surface area contributed by atoms with Crippen molar-refractivity contribution in [1.29, 1.82) is 0 Å². The lowest BCUT2D eigenvalue weighted by Crippen LogP contribution is -2.48. The number of rotatable bonds is 4. The molecular weight excluding hydrogens is 250 g/mol. The van der Waals surface area contributed by atoms with Crippen molar-refractivity contribution in [1.82, 2.24) is 10.3 Å². The summed E-state index contributed by atoms with van der Waals surface area (Å²) in [5, 5.41) is 4.12. The van der Waals surface area contributed by atoms with Gasteiger partial charge in [0.1, 0.15) is 0 Å². The molecule has 2 aromatic rings. The number of H-pyrrole nitrogens is 1. The number of carbonyl (C=O) groups is 1. The number of nitrogens with two attached hydrogens (primary N) is 1. The topological polar surface area (TPSA) is 70.9 Å². The third-order valence-electron chi connectivity index (χ3n) is 3.58. The Kier molecular flexibility index (Phi) is 4.14. The fourth-order valence-electron chi connectivity index (χ4n) is 2.16. The summed E-state index contributed by atoms with van der Waals surface area (Å²) >= 11 is 0. The molecule has 0 bridgehead atoms. The van der Waals surface area contributed by atoms with E-state index in [0.29, 0.717) is 6.54 Å². The van der Waals surface area contributed by atoms with Crippen LogP contribution in [0, 0.1) is 5.41 Å². The van der Waals surface area contributed by atoms with Gasteiger partial charge < -0.3 is 16.0 Å². The standard InChI is InChI=1S/C16H23N3O/c1-16(2,3)14(17)15(20)18-9-8-11-10-19-13-7-5-4-6-12(11)13/h4-7,10,14,19H,8-9,17H2,1-3H3,(H,18,20)/t14-/m1/s1. The molecule has 1 heterocycles. The fourth-order valence-corrected chi connectivity index (χ4v) is 2.16. The van der Waals surface area contributed by atoms with E-state index in [0.717, 1.165) is 11.9 Å². The van der Waals surface area contributed by atoms with Crippen LogP contribution in [0.1, 0.15) is 26.3 Å². The minimum Gasteiger partial charge on any atom is -0.361 e. The van der Waals surface area contributed by atoms with Crippen molar-refractivity contribution in [2.75, 3.05) is 6.54 Å². The Hall–Kier alpha value is -1.81. The van der Waals surface area contributed by atoms with E-state index < -0.39 is 6.04 Å². The zero-order valence-corrected chi connectivity index (χ0v) is 12.4. The van der Waals surface area contributed by atoms with Gasteiger partial charge in [-0.25, -0.2) is 0 Å². The van der Waals surface area contributed by atoms with Gasteiger partial charge in [0.25, 0.3) is 0 Å². The average Bonchev–Trinajstić information content (AvgIpc) is 2.80. The number of carbonyl (C=O) groups excluding carboxylic acids is 1. The summed E-state index contributed by atoms with van der Waals surface area (Å²) in [4.78, 5) is 15.2. The molecule has 0 saturated heterocycles. The van der Waals surface area contributed by atoms with Gasteiger partial charge in [0.15, 0.2) is 0 Å². The number of para-hydroxylation sites is 1. The highest BCUT2D eigenvalue weighted by atomic mass is 16.2. The molecule has 0 fully saturated rings. The second kappa shape index (κ2) is 5.67. The van der Waals surface area contributed by atoms with Gasteiger partial charge in [-0.3, -0.25) is 4.79 Å². The van der Waals surface area contributed by atoms with Crippen LogP contribution in [0.3, 0.4) is 0 Å². The summed E-state index contributed by atoms with van der Waals surface area (Å²) in [5.41, 5.74) is 8.05. The molecule has 1 atom stereocenters. The number of nitrogens with one attached hydrogen (secondary N) is 2. The van der Waals surface area contributed by atoms with Crippen LogP contribution in [0.15, 0.2) is 30.5 Å². The third-order valence-corrected chi connectivity index (χ3v) is 3.58. The number of fused-ring (bicyclic) bond motifs is 1. The second-order valence-electron chi connectivity index (χ2n) is 6.24. The Balaban J connectivity index is 1.92. The number of aromatic nitrogens is 1. The smallest absolute Gasteiger partial charge is 0.237 e. The number of hydrogen-bond donors (Lipinski definition) is 3.